The van der Waals surface area contributed by atoms with Gasteiger partial charge in [-0.05, 0) is 148 Å². The molecule has 5 aromatic rings. The first-order valence-corrected chi connectivity index (χ1v) is 26.4. The fraction of sp³-hybridized carbons (Fsp3) is 0.551. The predicted molar refractivity (Wildman–Crippen MR) is 258 cm³/mol. The number of thiazole rings is 1. The molecule has 6 heterocycles. The Hall–Kier alpha value is -4.61. The Morgan fingerprint density at radius 3 is 2.52 bits per heavy atom. The highest BCUT2D eigenvalue weighted by molar-refractivity contribution is 7.51. The van der Waals surface area contributed by atoms with Crippen LogP contribution < -0.4 is 15.5 Å². The minimum atomic E-state index is -4.06. The molecule has 2 atom stereocenters. The van der Waals surface area contributed by atoms with Gasteiger partial charge in [0.25, 0.3) is 5.91 Å². The van der Waals surface area contributed by atoms with Crippen LogP contribution in [0.2, 0.25) is 0 Å². The molecule has 0 radical (unpaired) electrons. The number of carboxylic acid groups (broad SMARTS) is 1. The lowest BCUT2D eigenvalue weighted by atomic mass is 9.39. The zero-order chi connectivity index (χ0) is 46.8. The second-order valence-corrected chi connectivity index (χ2v) is 23.9. The van der Waals surface area contributed by atoms with Gasteiger partial charge < -0.3 is 29.8 Å². The van der Waals surface area contributed by atoms with Crippen LogP contribution in [-0.4, -0.2) is 114 Å². The van der Waals surface area contributed by atoms with Gasteiger partial charge in [-0.25, -0.2) is 14.8 Å². The number of aromatic nitrogens is 5. The molecule has 6 aliphatic rings. The van der Waals surface area contributed by atoms with E-state index >= 15 is 0 Å². The van der Waals surface area contributed by atoms with E-state index in [0.717, 1.165) is 91.7 Å². The topological polar surface area (TPSA) is 208 Å². The van der Waals surface area contributed by atoms with Crippen LogP contribution in [-0.2, 0) is 28.8 Å². The average molecular weight is 952 g/mol. The maximum absolute atomic E-state index is 13.7. The number of amides is 1. The third-order valence-corrected chi connectivity index (χ3v) is 17.2. The number of carbonyl (C=O) groups is 2. The first-order valence-electron chi connectivity index (χ1n) is 23.8. The number of nitrogens with zero attached hydrogens (tertiary/aromatic N) is 7. The lowest BCUT2D eigenvalue weighted by molar-refractivity contribution is -0.249. The zero-order valence-electron chi connectivity index (χ0n) is 38.7. The van der Waals surface area contributed by atoms with Crippen molar-refractivity contribution in [1.82, 2.24) is 34.9 Å². The maximum atomic E-state index is 13.7. The minimum absolute atomic E-state index is 0.0381. The summed E-state index contributed by atoms with van der Waals surface area (Å²) in [5, 5.41) is 22.5. The summed E-state index contributed by atoms with van der Waals surface area (Å²) in [6.45, 7) is 12.5. The number of fused-ring (bicyclic) bond motifs is 2. The van der Waals surface area contributed by atoms with Gasteiger partial charge in [0.2, 0.25) is 0 Å². The number of carbonyl (C=O) groups excluding carboxylic acids is 1. The number of anilines is 2. The van der Waals surface area contributed by atoms with Crippen molar-refractivity contribution in [3.8, 4) is 11.1 Å². The van der Waals surface area contributed by atoms with Crippen LogP contribution >= 0.6 is 18.9 Å². The van der Waals surface area contributed by atoms with E-state index in [4.69, 9.17) is 14.8 Å². The number of hydrogen-bond acceptors (Lipinski definition) is 12. The Kier molecular flexibility index (Phi) is 12.2. The largest absolute Gasteiger partial charge is 0.476 e. The summed E-state index contributed by atoms with van der Waals surface area (Å²) in [5.41, 5.74) is 5.13. The van der Waals surface area contributed by atoms with Crippen molar-refractivity contribution < 1.29 is 33.8 Å². The van der Waals surface area contributed by atoms with Crippen LogP contribution in [0.5, 0.6) is 0 Å². The zero-order valence-corrected chi connectivity index (χ0v) is 40.4. The first-order chi connectivity index (χ1) is 32.0. The molecule has 4 bridgehead atoms. The molecule has 4 aromatic heterocycles. The van der Waals surface area contributed by atoms with E-state index in [1.54, 1.807) is 12.4 Å². The van der Waals surface area contributed by atoms with Crippen LogP contribution in [0.4, 0.5) is 10.9 Å². The first kappa shape index (κ1) is 46.1. The van der Waals surface area contributed by atoms with Gasteiger partial charge in [0, 0.05) is 60.8 Å². The number of hydrogen-bond donors (Lipinski definition) is 5. The van der Waals surface area contributed by atoms with Gasteiger partial charge in [-0.15, -0.1) is 0 Å². The molecule has 11 rings (SSSR count). The van der Waals surface area contributed by atoms with Gasteiger partial charge in [-0.3, -0.25) is 24.3 Å². The summed E-state index contributed by atoms with van der Waals surface area (Å²) in [7, 11) is -4.06. The molecule has 5 fully saturated rings. The summed E-state index contributed by atoms with van der Waals surface area (Å²) >= 11 is 1.37. The molecule has 356 valence electrons. The molecule has 5 N–H and O–H groups in total. The monoisotopic (exact) mass is 951 g/mol. The van der Waals surface area contributed by atoms with E-state index in [1.807, 2.05) is 54.3 Å². The third kappa shape index (κ3) is 9.57. The number of aromatic carboxylic acids is 1. The number of carboxylic acids is 1. The Balaban J connectivity index is 0.851. The van der Waals surface area contributed by atoms with Gasteiger partial charge in [0.1, 0.15) is 5.82 Å². The highest BCUT2D eigenvalue weighted by atomic mass is 32.1. The molecular weight excluding hydrogens is 890 g/mol. The average Bonchev–Trinajstić information content (AvgIpc) is 3.85. The molecule has 1 amide bonds. The lowest BCUT2D eigenvalue weighted by Crippen LogP contribution is -2.64. The molecule has 4 aliphatic carbocycles. The Morgan fingerprint density at radius 2 is 1.78 bits per heavy atom. The van der Waals surface area contributed by atoms with Crippen LogP contribution in [0.25, 0.3) is 21.5 Å². The molecule has 1 saturated heterocycles. The number of piperidine rings is 1. The summed E-state index contributed by atoms with van der Waals surface area (Å²) in [4.78, 5) is 63.8. The van der Waals surface area contributed by atoms with Gasteiger partial charge in [0.05, 0.1) is 29.3 Å². The third-order valence-electron chi connectivity index (χ3n) is 15.3. The fourth-order valence-corrected chi connectivity index (χ4v) is 15.2. The fourth-order valence-electron chi connectivity index (χ4n) is 13.8. The quantitative estimate of drug-likeness (QED) is 0.0607. The van der Waals surface area contributed by atoms with Gasteiger partial charge >= 0.3 is 13.6 Å². The number of pyridine rings is 2. The lowest BCUT2D eigenvalue weighted by Gasteiger charge is -2.69. The van der Waals surface area contributed by atoms with E-state index in [0.29, 0.717) is 79.4 Å². The summed E-state index contributed by atoms with van der Waals surface area (Å²) < 4.78 is 21.8. The van der Waals surface area contributed by atoms with E-state index in [9.17, 15) is 29.0 Å². The van der Waals surface area contributed by atoms with Crippen molar-refractivity contribution in [3.63, 3.8) is 0 Å². The van der Waals surface area contributed by atoms with Crippen molar-refractivity contribution in [3.05, 3.63) is 82.9 Å². The molecule has 16 nitrogen and oxygen atoms in total. The van der Waals surface area contributed by atoms with Crippen LogP contribution in [0.15, 0.2) is 54.9 Å². The summed E-state index contributed by atoms with van der Waals surface area (Å²) in [5.74, 6) is -0.845. The van der Waals surface area contributed by atoms with Crippen molar-refractivity contribution >= 4 is 52.1 Å². The molecule has 4 saturated carbocycles. The molecule has 67 heavy (non-hydrogen) atoms. The number of ether oxygens (including phenoxy) is 1. The number of nitrogens with one attached hydrogen (secondary N) is 2. The Morgan fingerprint density at radius 1 is 0.985 bits per heavy atom. The van der Waals surface area contributed by atoms with Crippen molar-refractivity contribution in [2.75, 3.05) is 55.7 Å². The van der Waals surface area contributed by atoms with Crippen LogP contribution in [0.3, 0.4) is 0 Å². The Labute approximate surface area is 395 Å². The van der Waals surface area contributed by atoms with E-state index < -0.39 is 13.6 Å². The van der Waals surface area contributed by atoms with Gasteiger partial charge in [-0.2, -0.15) is 10.1 Å². The second-order valence-electron chi connectivity index (χ2n) is 21.1. The van der Waals surface area contributed by atoms with E-state index in [-0.39, 0.29) is 39.6 Å². The molecule has 0 spiro atoms. The number of benzene rings is 1. The normalized spacial score (nSPS) is 26.1. The highest BCUT2D eigenvalue weighted by Crippen LogP contribution is 2.72. The molecule has 1 aromatic carbocycles. The van der Waals surface area contributed by atoms with Crippen LogP contribution in [0, 0.1) is 23.2 Å². The number of rotatable bonds is 16. The SMILES string of the molecule is Cc1c(-c2ccc(N3CCc4cccc(C(=O)Nc5nc6ncccc6s5)c4C3)nc2C(=O)O)cnn1CC12CC3(C)CC(C)(C1)CC(OCCN(CCCP(=O)(O)O)C1CCNCC1)(C3)C2. The highest BCUT2D eigenvalue weighted by Gasteiger charge is 2.66. The predicted octanol–water partition coefficient (Wildman–Crippen LogP) is 7.53. The van der Waals surface area contributed by atoms with Crippen molar-refractivity contribution in [1.29, 1.82) is 0 Å². The van der Waals surface area contributed by atoms with Crippen LogP contribution in [0.1, 0.15) is 109 Å². The van der Waals surface area contributed by atoms with Crippen molar-refractivity contribution in [2.45, 2.75) is 110 Å². The summed E-state index contributed by atoms with van der Waals surface area (Å²) in [6.07, 6.45) is 12.8. The van der Waals surface area contributed by atoms with Gasteiger partial charge in [0.15, 0.2) is 16.5 Å². The molecule has 2 unspecified atom stereocenters. The smallest absolute Gasteiger partial charge is 0.355 e. The van der Waals surface area contributed by atoms with Crippen molar-refractivity contribution in [2.24, 2.45) is 16.2 Å². The summed E-state index contributed by atoms with van der Waals surface area (Å²) in [6, 6.07) is 13.6. The Bertz CT molecular complexity index is 2700. The minimum Gasteiger partial charge on any atom is -0.476 e. The van der Waals surface area contributed by atoms with Gasteiger partial charge in [-0.1, -0.05) is 37.3 Å². The second kappa shape index (κ2) is 17.7. The molecular formula is C49H62N9O7PS. The molecule has 2 aliphatic heterocycles. The van der Waals surface area contributed by atoms with E-state index in [1.165, 1.54) is 17.8 Å². The standard InChI is InChI=1S/C49H62N9O7PS/c1-32-37(35-10-11-40(53-41(35)44(60)61)57-19-14-33-7-4-8-36(38(33)24-57)43(59)55-45-54-42-39(67-45)9-5-15-51-42)23-52-58(32)31-48-26-46(2)25-47(3,27-48)29-49(28-46,30-48)65-21-20-56(18-6-22-66(62,63)64)34-12-16-50-17-13-34/h4-5,7-11,15,23,34,50H,6,12-14,16-22,24-31H2,1-3H3,(H,60,61)(H2,62,63,64)(H,51,54,55,59). The maximum Gasteiger partial charge on any atom is 0.355 e. The molecule has 18 heteroatoms. The van der Waals surface area contributed by atoms with E-state index in [2.05, 4.69) is 44.0 Å².